The molecule has 0 radical (unpaired) electrons. The molecule has 0 spiro atoms. The van der Waals surface area contributed by atoms with Gasteiger partial charge in [0, 0.05) is 52.5 Å². The molecule has 6 nitrogen and oxygen atoms in total. The molecule has 1 aliphatic heterocycles. The Morgan fingerprint density at radius 2 is 1.88 bits per heavy atom. The Kier molecular flexibility index (Phi) is 6.28. The van der Waals surface area contributed by atoms with E-state index in [-0.39, 0.29) is 0 Å². The van der Waals surface area contributed by atoms with Gasteiger partial charge in [-0.3, -0.25) is 14.6 Å². The maximum absolute atomic E-state index is 4.47. The van der Waals surface area contributed by atoms with Crippen LogP contribution in [-0.2, 0) is 13.6 Å². The van der Waals surface area contributed by atoms with Gasteiger partial charge in [-0.2, -0.15) is 5.10 Å². The van der Waals surface area contributed by atoms with E-state index in [1.807, 2.05) is 31.0 Å². The van der Waals surface area contributed by atoms with Crippen LogP contribution in [0.1, 0.15) is 30.6 Å². The number of aliphatic imine (C=N–C) groups is 1. The Balaban J connectivity index is 1.55. The van der Waals surface area contributed by atoms with Crippen LogP contribution in [0.25, 0.3) is 0 Å². The lowest BCUT2D eigenvalue weighted by atomic mass is 10.0. The monoisotopic (exact) mass is 354 g/mol. The van der Waals surface area contributed by atoms with Gasteiger partial charge in [0.2, 0.25) is 0 Å². The van der Waals surface area contributed by atoms with E-state index >= 15 is 0 Å². The van der Waals surface area contributed by atoms with Gasteiger partial charge in [0.1, 0.15) is 0 Å². The van der Waals surface area contributed by atoms with Crippen molar-refractivity contribution in [1.82, 2.24) is 24.9 Å². The van der Waals surface area contributed by atoms with Crippen LogP contribution in [0.3, 0.4) is 0 Å². The van der Waals surface area contributed by atoms with Crippen molar-refractivity contribution in [1.29, 1.82) is 0 Å². The smallest absolute Gasteiger partial charge is 0.194 e. The average molecular weight is 355 g/mol. The lowest BCUT2D eigenvalue weighted by Crippen LogP contribution is -2.53. The van der Waals surface area contributed by atoms with Gasteiger partial charge < -0.3 is 10.2 Å². The number of aryl methyl sites for hydroxylation is 1. The van der Waals surface area contributed by atoms with Crippen LogP contribution in [0.4, 0.5) is 0 Å². The summed E-state index contributed by atoms with van der Waals surface area (Å²) in [5.41, 5.74) is 2.57. The Morgan fingerprint density at radius 3 is 2.46 bits per heavy atom. The van der Waals surface area contributed by atoms with Crippen LogP contribution >= 0.6 is 0 Å². The molecule has 1 aromatic heterocycles. The van der Waals surface area contributed by atoms with Crippen molar-refractivity contribution in [2.45, 2.75) is 25.9 Å². The quantitative estimate of drug-likeness (QED) is 0.661. The zero-order chi connectivity index (χ0) is 18.4. The lowest BCUT2D eigenvalue weighted by molar-refractivity contribution is 0.127. The van der Waals surface area contributed by atoms with Crippen molar-refractivity contribution >= 4 is 5.96 Å². The molecule has 26 heavy (non-hydrogen) atoms. The zero-order valence-electron chi connectivity index (χ0n) is 16.1. The fraction of sp³-hybridized carbons (Fsp3) is 0.500. The Labute approximate surface area is 156 Å². The predicted octanol–water partition coefficient (Wildman–Crippen LogP) is 2.26. The minimum Gasteiger partial charge on any atom is -0.351 e. The second-order valence-electron chi connectivity index (χ2n) is 6.70. The molecule has 1 fully saturated rings. The van der Waals surface area contributed by atoms with Gasteiger partial charge in [0.25, 0.3) is 0 Å². The van der Waals surface area contributed by atoms with Crippen LogP contribution in [-0.4, -0.2) is 58.8 Å². The molecule has 1 N–H and O–H groups in total. The number of nitrogens with one attached hydrogen (secondary N) is 1. The van der Waals surface area contributed by atoms with Gasteiger partial charge in [-0.15, -0.1) is 0 Å². The summed E-state index contributed by atoms with van der Waals surface area (Å²) < 4.78 is 1.89. The molecule has 0 amide bonds. The summed E-state index contributed by atoms with van der Waals surface area (Å²) >= 11 is 0. The van der Waals surface area contributed by atoms with Crippen molar-refractivity contribution < 1.29 is 0 Å². The van der Waals surface area contributed by atoms with E-state index in [0.29, 0.717) is 6.04 Å². The van der Waals surface area contributed by atoms with Crippen molar-refractivity contribution in [3.05, 3.63) is 53.9 Å². The van der Waals surface area contributed by atoms with Crippen molar-refractivity contribution in [2.75, 3.05) is 33.2 Å². The molecule has 1 atom stereocenters. The maximum atomic E-state index is 4.47. The predicted molar refractivity (Wildman–Crippen MR) is 106 cm³/mol. The van der Waals surface area contributed by atoms with Gasteiger partial charge in [-0.1, -0.05) is 37.3 Å². The largest absolute Gasteiger partial charge is 0.351 e. The van der Waals surface area contributed by atoms with E-state index in [1.54, 1.807) is 0 Å². The van der Waals surface area contributed by atoms with Gasteiger partial charge >= 0.3 is 0 Å². The molecular weight excluding hydrogens is 324 g/mol. The third-order valence-corrected chi connectivity index (χ3v) is 5.19. The molecule has 1 aromatic carbocycles. The first-order valence-electron chi connectivity index (χ1n) is 9.44. The summed E-state index contributed by atoms with van der Waals surface area (Å²) in [6.07, 6.45) is 2.96. The Hall–Kier alpha value is -2.34. The number of aromatic nitrogens is 2. The SMILES string of the molecule is CCC(c1ccccc1)N1CCN(C(=NC)NCc2ccnn2C)CC1. The minimum atomic E-state index is 0.503. The van der Waals surface area contributed by atoms with Crippen molar-refractivity contribution in [2.24, 2.45) is 12.0 Å². The third-order valence-electron chi connectivity index (χ3n) is 5.19. The number of piperazine rings is 1. The Morgan fingerprint density at radius 1 is 1.15 bits per heavy atom. The van der Waals surface area contributed by atoms with Crippen LogP contribution < -0.4 is 5.32 Å². The number of benzene rings is 1. The van der Waals surface area contributed by atoms with Gasteiger partial charge in [-0.25, -0.2) is 0 Å². The summed E-state index contributed by atoms with van der Waals surface area (Å²) in [6, 6.07) is 13.4. The second kappa shape index (κ2) is 8.85. The van der Waals surface area contributed by atoms with Gasteiger partial charge in [0.05, 0.1) is 12.2 Å². The molecule has 6 heteroatoms. The standard InChI is InChI=1S/C20H30N6/c1-4-19(17-8-6-5-7-9-17)25-12-14-26(15-13-25)20(21-2)22-16-18-10-11-23-24(18)3/h5-11,19H,4,12-16H2,1-3H3,(H,21,22). The maximum Gasteiger partial charge on any atom is 0.194 e. The van der Waals surface area contributed by atoms with Crippen molar-refractivity contribution in [3.8, 4) is 0 Å². The summed E-state index contributed by atoms with van der Waals surface area (Å²) in [5.74, 6) is 0.971. The first-order valence-corrected chi connectivity index (χ1v) is 9.44. The third kappa shape index (κ3) is 4.25. The highest BCUT2D eigenvalue weighted by atomic mass is 15.4. The fourth-order valence-corrected chi connectivity index (χ4v) is 3.70. The van der Waals surface area contributed by atoms with Gasteiger partial charge in [0.15, 0.2) is 5.96 Å². The van der Waals surface area contributed by atoms with E-state index in [2.05, 4.69) is 62.5 Å². The number of hydrogen-bond acceptors (Lipinski definition) is 3. The van der Waals surface area contributed by atoms with Crippen LogP contribution in [0.15, 0.2) is 47.6 Å². The van der Waals surface area contributed by atoms with Crippen LogP contribution in [0.2, 0.25) is 0 Å². The highest BCUT2D eigenvalue weighted by molar-refractivity contribution is 5.79. The topological polar surface area (TPSA) is 48.7 Å². The zero-order valence-corrected chi connectivity index (χ0v) is 16.1. The second-order valence-corrected chi connectivity index (χ2v) is 6.70. The molecule has 2 aromatic rings. The number of hydrogen-bond donors (Lipinski definition) is 1. The normalized spacial score (nSPS) is 17.3. The molecule has 0 bridgehead atoms. The highest BCUT2D eigenvalue weighted by Gasteiger charge is 2.25. The summed E-state index contributed by atoms with van der Waals surface area (Å²) in [4.78, 5) is 9.42. The number of nitrogens with zero attached hydrogens (tertiary/aromatic N) is 5. The molecule has 1 saturated heterocycles. The summed E-state index contributed by atoms with van der Waals surface area (Å²) in [5, 5.41) is 7.69. The first kappa shape index (κ1) is 18.5. The molecule has 0 aliphatic carbocycles. The molecular formula is C20H30N6. The molecule has 1 unspecified atom stereocenters. The molecule has 2 heterocycles. The fourth-order valence-electron chi connectivity index (χ4n) is 3.70. The molecule has 0 saturated carbocycles. The van der Waals surface area contributed by atoms with Crippen LogP contribution in [0.5, 0.6) is 0 Å². The van der Waals surface area contributed by atoms with Crippen molar-refractivity contribution in [3.63, 3.8) is 0 Å². The molecule has 140 valence electrons. The Bertz CT molecular complexity index is 700. The van der Waals surface area contributed by atoms with E-state index in [1.165, 1.54) is 5.56 Å². The average Bonchev–Trinajstić information content (AvgIpc) is 3.10. The lowest BCUT2D eigenvalue weighted by Gasteiger charge is -2.40. The van der Waals surface area contributed by atoms with E-state index in [9.17, 15) is 0 Å². The van der Waals surface area contributed by atoms with E-state index in [4.69, 9.17) is 0 Å². The summed E-state index contributed by atoms with van der Waals surface area (Å²) in [7, 11) is 3.82. The van der Waals surface area contributed by atoms with E-state index < -0.39 is 0 Å². The van der Waals surface area contributed by atoms with Gasteiger partial charge in [-0.05, 0) is 18.1 Å². The summed E-state index contributed by atoms with van der Waals surface area (Å²) in [6.45, 7) is 7.12. The first-order chi connectivity index (χ1) is 12.7. The number of guanidine groups is 1. The highest BCUT2D eigenvalue weighted by Crippen LogP contribution is 2.25. The molecule has 1 aliphatic rings. The molecule has 3 rings (SSSR count). The number of rotatable bonds is 5. The minimum absolute atomic E-state index is 0.503. The van der Waals surface area contributed by atoms with E-state index in [0.717, 1.165) is 50.8 Å². The van der Waals surface area contributed by atoms with Crippen LogP contribution in [0, 0.1) is 0 Å².